The van der Waals surface area contributed by atoms with E-state index in [0.29, 0.717) is 17.4 Å². The van der Waals surface area contributed by atoms with Crippen molar-refractivity contribution < 1.29 is 0 Å². The van der Waals surface area contributed by atoms with Gasteiger partial charge in [0.25, 0.3) is 5.56 Å². The minimum Gasteiger partial charge on any atom is -0.370 e. The molecular weight excluding hydrogens is 438 g/mol. The van der Waals surface area contributed by atoms with Crippen LogP contribution in [-0.2, 0) is 0 Å². The highest BCUT2D eigenvalue weighted by atomic mass is 16.1. The average Bonchev–Trinajstić information content (AvgIpc) is 3.55. The van der Waals surface area contributed by atoms with Crippen LogP contribution in [0.4, 0.5) is 5.69 Å². The largest absolute Gasteiger partial charge is 0.370 e. The van der Waals surface area contributed by atoms with Crippen LogP contribution in [0.3, 0.4) is 0 Å². The molecule has 7 rings (SSSR count). The summed E-state index contributed by atoms with van der Waals surface area (Å²) in [6.07, 6.45) is 7.92. The molecular formula is C27H27N7O. The van der Waals surface area contributed by atoms with Crippen molar-refractivity contribution >= 4 is 27.8 Å². The topological polar surface area (TPSA) is 96.7 Å². The first-order valence-electron chi connectivity index (χ1n) is 12.2. The highest BCUT2D eigenvalue weighted by Gasteiger charge is 2.34. The average molecular weight is 466 g/mol. The first-order chi connectivity index (χ1) is 17.1. The highest BCUT2D eigenvalue weighted by molar-refractivity contribution is 5.93. The zero-order chi connectivity index (χ0) is 23.5. The number of aromatic nitrogens is 5. The Labute approximate surface area is 202 Å². The first-order valence-corrected chi connectivity index (χ1v) is 12.2. The van der Waals surface area contributed by atoms with Gasteiger partial charge in [-0.15, -0.1) is 0 Å². The summed E-state index contributed by atoms with van der Waals surface area (Å²) < 4.78 is 0. The SMILES string of the molecule is CN1CC2CCN(c3ccc4[nH]c(-c5cc(-c6ccnc7[nH]ccc67)c[nH]c5=O)nc4c3)CC1C2. The number of hydrogen-bond donors (Lipinski definition) is 3. The van der Waals surface area contributed by atoms with E-state index >= 15 is 0 Å². The lowest BCUT2D eigenvalue weighted by atomic mass is 10.0. The van der Waals surface area contributed by atoms with Crippen molar-refractivity contribution in [1.82, 2.24) is 29.8 Å². The summed E-state index contributed by atoms with van der Waals surface area (Å²) in [7, 11) is 2.25. The second-order valence-corrected chi connectivity index (χ2v) is 9.95. The van der Waals surface area contributed by atoms with Gasteiger partial charge >= 0.3 is 0 Å². The molecule has 0 spiro atoms. The van der Waals surface area contributed by atoms with Crippen LogP contribution in [0.2, 0.25) is 0 Å². The molecule has 8 nitrogen and oxygen atoms in total. The molecule has 2 atom stereocenters. The van der Waals surface area contributed by atoms with E-state index in [1.165, 1.54) is 25.1 Å². The van der Waals surface area contributed by atoms with Gasteiger partial charge in [-0.25, -0.2) is 9.97 Å². The molecule has 2 fully saturated rings. The molecule has 2 saturated heterocycles. The number of pyridine rings is 2. The number of aromatic amines is 3. The van der Waals surface area contributed by atoms with E-state index in [2.05, 4.69) is 55.0 Å². The highest BCUT2D eigenvalue weighted by Crippen LogP contribution is 2.33. The molecule has 8 heteroatoms. The fourth-order valence-corrected chi connectivity index (χ4v) is 5.88. The Morgan fingerprint density at radius 2 is 2.00 bits per heavy atom. The van der Waals surface area contributed by atoms with E-state index < -0.39 is 0 Å². The van der Waals surface area contributed by atoms with Crippen LogP contribution in [0.25, 0.3) is 44.6 Å². The minimum absolute atomic E-state index is 0.168. The van der Waals surface area contributed by atoms with Crippen molar-refractivity contribution in [2.24, 2.45) is 5.92 Å². The summed E-state index contributed by atoms with van der Waals surface area (Å²) in [6, 6.07) is 12.9. The third kappa shape index (κ3) is 3.44. The molecule has 6 heterocycles. The van der Waals surface area contributed by atoms with Gasteiger partial charge in [0.05, 0.1) is 16.6 Å². The molecule has 4 aromatic heterocycles. The van der Waals surface area contributed by atoms with Crippen LogP contribution >= 0.6 is 0 Å². The van der Waals surface area contributed by atoms with Crippen LogP contribution < -0.4 is 10.5 Å². The monoisotopic (exact) mass is 465 g/mol. The smallest absolute Gasteiger partial charge is 0.259 e. The van der Waals surface area contributed by atoms with Gasteiger partial charge in [-0.3, -0.25) is 4.79 Å². The quantitative estimate of drug-likeness (QED) is 0.374. The summed E-state index contributed by atoms with van der Waals surface area (Å²) in [5, 5.41) is 1.01. The zero-order valence-corrected chi connectivity index (χ0v) is 19.6. The maximum atomic E-state index is 12.8. The van der Waals surface area contributed by atoms with Gasteiger partial charge in [0.2, 0.25) is 0 Å². The molecule has 35 heavy (non-hydrogen) atoms. The van der Waals surface area contributed by atoms with Crippen LogP contribution in [0.1, 0.15) is 12.8 Å². The van der Waals surface area contributed by atoms with Gasteiger partial charge in [-0.05, 0) is 73.3 Å². The van der Waals surface area contributed by atoms with Crippen molar-refractivity contribution in [2.75, 3.05) is 31.6 Å². The van der Waals surface area contributed by atoms with Crippen molar-refractivity contribution in [3.05, 3.63) is 65.3 Å². The number of H-pyrrole nitrogens is 3. The predicted octanol–water partition coefficient (Wildman–Crippen LogP) is 3.99. The van der Waals surface area contributed by atoms with E-state index in [1.807, 2.05) is 24.4 Å². The van der Waals surface area contributed by atoms with Crippen LogP contribution in [0, 0.1) is 5.92 Å². The van der Waals surface area contributed by atoms with E-state index in [4.69, 9.17) is 4.98 Å². The Bertz CT molecular complexity index is 1610. The maximum Gasteiger partial charge on any atom is 0.259 e. The van der Waals surface area contributed by atoms with E-state index in [1.54, 1.807) is 12.4 Å². The number of imidazole rings is 1. The van der Waals surface area contributed by atoms with Crippen LogP contribution in [0.15, 0.2) is 59.8 Å². The van der Waals surface area contributed by atoms with Gasteiger partial charge in [0.1, 0.15) is 11.5 Å². The molecule has 2 unspecified atom stereocenters. The second kappa shape index (κ2) is 7.81. The van der Waals surface area contributed by atoms with Gasteiger partial charge in [-0.2, -0.15) is 0 Å². The van der Waals surface area contributed by atoms with Crippen molar-refractivity contribution in [2.45, 2.75) is 18.9 Å². The summed E-state index contributed by atoms with van der Waals surface area (Å²) in [6.45, 7) is 3.36. The number of rotatable bonds is 3. The molecule has 0 aliphatic carbocycles. The number of anilines is 1. The number of fused-ring (bicyclic) bond motifs is 4. The van der Waals surface area contributed by atoms with E-state index in [0.717, 1.165) is 52.2 Å². The number of nitrogens with one attached hydrogen (secondary N) is 3. The summed E-state index contributed by atoms with van der Waals surface area (Å²) >= 11 is 0. The predicted molar refractivity (Wildman–Crippen MR) is 139 cm³/mol. The minimum atomic E-state index is -0.168. The van der Waals surface area contributed by atoms with Gasteiger partial charge < -0.3 is 24.8 Å². The van der Waals surface area contributed by atoms with Crippen molar-refractivity contribution in [3.63, 3.8) is 0 Å². The van der Waals surface area contributed by atoms with Crippen molar-refractivity contribution in [1.29, 1.82) is 0 Å². The lowest BCUT2D eigenvalue weighted by molar-refractivity contribution is 0.299. The third-order valence-electron chi connectivity index (χ3n) is 7.77. The molecule has 1 aromatic carbocycles. The Balaban J connectivity index is 1.25. The van der Waals surface area contributed by atoms with E-state index in [-0.39, 0.29) is 5.56 Å². The molecule has 2 aliphatic rings. The molecule has 5 aromatic rings. The molecule has 0 amide bonds. The van der Waals surface area contributed by atoms with Gasteiger partial charge in [0.15, 0.2) is 0 Å². The fraction of sp³-hybridized carbons (Fsp3) is 0.296. The zero-order valence-electron chi connectivity index (χ0n) is 19.6. The van der Waals surface area contributed by atoms with Crippen molar-refractivity contribution in [3.8, 4) is 22.5 Å². The first kappa shape index (κ1) is 20.5. The Morgan fingerprint density at radius 3 is 2.94 bits per heavy atom. The van der Waals surface area contributed by atoms with Crippen LogP contribution in [0.5, 0.6) is 0 Å². The number of likely N-dealkylation sites (tertiary alicyclic amines) is 1. The second-order valence-electron chi connectivity index (χ2n) is 9.95. The molecule has 3 N–H and O–H groups in total. The Morgan fingerprint density at radius 1 is 1.06 bits per heavy atom. The maximum absolute atomic E-state index is 12.8. The molecule has 2 bridgehead atoms. The summed E-state index contributed by atoms with van der Waals surface area (Å²) in [4.78, 5) is 36.4. The number of likely N-dealkylation sites (N-methyl/N-ethyl adjacent to an activating group) is 1. The molecule has 176 valence electrons. The van der Waals surface area contributed by atoms with Crippen LogP contribution in [-0.4, -0.2) is 62.5 Å². The molecule has 2 aliphatic heterocycles. The third-order valence-corrected chi connectivity index (χ3v) is 7.77. The van der Waals surface area contributed by atoms with E-state index in [9.17, 15) is 4.79 Å². The van der Waals surface area contributed by atoms with Gasteiger partial charge in [-0.1, -0.05) is 0 Å². The standard InChI is InChI=1S/C27H27N7O/c1-33-14-16-6-9-34(15-19(33)10-16)18-2-3-23-24(12-18)32-26(31-23)22-11-17(13-30-27(22)35)20-4-7-28-25-21(20)5-8-29-25/h2-5,7-8,11-13,16,19H,6,9-10,14-15H2,1H3,(H,28,29)(H,30,35)(H,31,32). The normalized spacial score (nSPS) is 20.7. The fourth-order valence-electron chi connectivity index (χ4n) is 5.88. The lowest BCUT2D eigenvalue weighted by Crippen LogP contribution is -2.39. The molecule has 0 radical (unpaired) electrons. The Kier molecular flexibility index (Phi) is 4.57. The van der Waals surface area contributed by atoms with Gasteiger partial charge in [0, 0.05) is 55.3 Å². The number of hydrogen-bond acceptors (Lipinski definition) is 5. The number of nitrogens with zero attached hydrogens (tertiary/aromatic N) is 4. The lowest BCUT2D eigenvalue weighted by Gasteiger charge is -2.31. The summed E-state index contributed by atoms with van der Waals surface area (Å²) in [5.74, 6) is 1.39. The molecule has 0 saturated carbocycles. The number of benzene rings is 1. The Hall–Kier alpha value is -3.91. The summed E-state index contributed by atoms with van der Waals surface area (Å²) in [5.41, 5.74) is 6.10.